The molecule has 2 fully saturated rings. The summed E-state index contributed by atoms with van der Waals surface area (Å²) in [6, 6.07) is 8.30. The average molecular weight is 475 g/mol. The zero-order chi connectivity index (χ0) is 24.1. The minimum atomic E-state index is -2.69. The lowest BCUT2D eigenvalue weighted by Crippen LogP contribution is -2.66. The van der Waals surface area contributed by atoms with Gasteiger partial charge in [-0.1, -0.05) is 12.1 Å². The van der Waals surface area contributed by atoms with Gasteiger partial charge in [0.2, 0.25) is 17.7 Å². The molecule has 1 saturated carbocycles. The summed E-state index contributed by atoms with van der Waals surface area (Å²) < 4.78 is 44.1. The van der Waals surface area contributed by atoms with E-state index in [4.69, 9.17) is 10.5 Å². The van der Waals surface area contributed by atoms with E-state index in [1.54, 1.807) is 6.07 Å². The number of carbonyl (C=O) groups is 1. The molecule has 4 N–H and O–H groups in total. The number of pyridine rings is 1. The van der Waals surface area contributed by atoms with Gasteiger partial charge in [-0.05, 0) is 36.1 Å². The second kappa shape index (κ2) is 8.15. The Hall–Kier alpha value is -3.34. The van der Waals surface area contributed by atoms with E-state index in [0.29, 0.717) is 12.1 Å². The first-order valence-electron chi connectivity index (χ1n) is 11.1. The van der Waals surface area contributed by atoms with E-state index >= 15 is 0 Å². The number of hydrogen-bond donors (Lipinski definition) is 4. The summed E-state index contributed by atoms with van der Waals surface area (Å²) in [5.74, 6) is -3.02. The Balaban J connectivity index is 1.30. The Kier molecular flexibility index (Phi) is 5.38. The zero-order valence-corrected chi connectivity index (χ0v) is 18.2. The Bertz CT molecular complexity index is 1100. The first-order chi connectivity index (χ1) is 16.2. The summed E-state index contributed by atoms with van der Waals surface area (Å²) in [4.78, 5) is 18.3. The highest BCUT2D eigenvalue weighted by molar-refractivity contribution is 6.00. The molecule has 1 aromatic carbocycles. The molecule has 0 bridgehead atoms. The summed E-state index contributed by atoms with van der Waals surface area (Å²) in [5, 5.41) is 23.5. The topological polar surface area (TPSA) is 111 Å². The highest BCUT2D eigenvalue weighted by atomic mass is 19.3. The van der Waals surface area contributed by atoms with E-state index in [0.717, 1.165) is 16.8 Å². The molecule has 2 aromatic rings. The molecule has 1 saturated heterocycles. The number of benzene rings is 1. The van der Waals surface area contributed by atoms with Crippen LogP contribution in [-0.2, 0) is 16.8 Å². The Morgan fingerprint density at radius 2 is 2.00 bits per heavy atom. The van der Waals surface area contributed by atoms with Gasteiger partial charge in [0.1, 0.15) is 0 Å². The van der Waals surface area contributed by atoms with Crippen molar-refractivity contribution in [1.82, 2.24) is 15.2 Å². The normalized spacial score (nSPS) is 24.8. The third-order valence-corrected chi connectivity index (χ3v) is 6.78. The third-order valence-electron chi connectivity index (χ3n) is 6.78. The molecule has 1 unspecified atom stereocenters. The molecule has 34 heavy (non-hydrogen) atoms. The largest absolute Gasteiger partial charge is 0.420 e. The maximum absolute atomic E-state index is 13.5. The summed E-state index contributed by atoms with van der Waals surface area (Å²) >= 11 is 0. The fraction of sp³-hybridized carbons (Fsp3) is 0.435. The summed E-state index contributed by atoms with van der Waals surface area (Å²) in [5.41, 5.74) is 2.63. The molecule has 1 aliphatic heterocycles. The van der Waals surface area contributed by atoms with Gasteiger partial charge in [0.15, 0.2) is 5.96 Å². The molecule has 1 amide bonds. The van der Waals surface area contributed by atoms with E-state index in [9.17, 15) is 18.0 Å². The number of nitrogens with one attached hydrogen (secondary N) is 3. The Morgan fingerprint density at radius 3 is 2.65 bits per heavy atom. The SMILES string of the molecule is N=C1N[C@]2(CC(=O)N1C1CCC(F)(F)CC1)Cc1c(Nc3ccc(OC(O)F)nc3)cccc12. The number of ether oxygens (including phenoxy) is 1. The quantitative estimate of drug-likeness (QED) is 0.493. The van der Waals surface area contributed by atoms with Crippen LogP contribution < -0.4 is 15.4 Å². The smallest absolute Gasteiger partial charge is 0.351 e. The van der Waals surface area contributed by atoms with E-state index in [2.05, 4.69) is 20.4 Å². The van der Waals surface area contributed by atoms with Crippen molar-refractivity contribution in [3.63, 3.8) is 0 Å². The number of amides is 1. The number of carbonyl (C=O) groups excluding carboxylic acids is 1. The summed E-state index contributed by atoms with van der Waals surface area (Å²) in [6.07, 6.45) is 1.93. The third kappa shape index (κ3) is 4.04. The summed E-state index contributed by atoms with van der Waals surface area (Å²) in [7, 11) is 0. The lowest BCUT2D eigenvalue weighted by molar-refractivity contribution is -0.135. The number of anilines is 2. The van der Waals surface area contributed by atoms with Crippen LogP contribution >= 0.6 is 0 Å². The van der Waals surface area contributed by atoms with Crippen LogP contribution in [0.3, 0.4) is 0 Å². The molecular formula is C23H24F3N5O3. The predicted molar refractivity (Wildman–Crippen MR) is 117 cm³/mol. The lowest BCUT2D eigenvalue weighted by Gasteiger charge is -2.52. The molecule has 2 heterocycles. The molecule has 8 nitrogen and oxygen atoms in total. The van der Waals surface area contributed by atoms with Crippen LogP contribution in [0.15, 0.2) is 36.5 Å². The number of fused-ring (bicyclic) bond motifs is 2. The average Bonchev–Trinajstić information content (AvgIpc) is 2.76. The van der Waals surface area contributed by atoms with Gasteiger partial charge in [-0.25, -0.2) is 13.8 Å². The van der Waals surface area contributed by atoms with E-state index in [-0.39, 0.29) is 55.9 Å². The molecule has 1 aromatic heterocycles. The minimum Gasteiger partial charge on any atom is -0.420 e. The number of aromatic nitrogens is 1. The number of hydrogen-bond acceptors (Lipinski definition) is 6. The molecule has 2 aliphatic carbocycles. The minimum absolute atomic E-state index is 0.0367. The van der Waals surface area contributed by atoms with E-state index in [1.807, 2.05) is 18.2 Å². The fourth-order valence-corrected chi connectivity index (χ4v) is 5.15. The van der Waals surface area contributed by atoms with Crippen LogP contribution in [-0.4, -0.2) is 45.4 Å². The molecule has 3 aliphatic rings. The number of halogens is 3. The molecular weight excluding hydrogens is 451 g/mol. The Labute approximate surface area is 193 Å². The lowest BCUT2D eigenvalue weighted by atomic mass is 9.67. The van der Waals surface area contributed by atoms with Crippen molar-refractivity contribution in [3.8, 4) is 5.88 Å². The number of alkyl halides is 3. The number of guanidine groups is 1. The van der Waals surface area contributed by atoms with Crippen molar-refractivity contribution in [2.75, 3.05) is 5.32 Å². The predicted octanol–water partition coefficient (Wildman–Crippen LogP) is 3.54. The second-order valence-corrected chi connectivity index (χ2v) is 9.01. The van der Waals surface area contributed by atoms with Crippen LogP contribution in [0, 0.1) is 5.41 Å². The maximum atomic E-state index is 13.5. The van der Waals surface area contributed by atoms with E-state index in [1.165, 1.54) is 17.2 Å². The Morgan fingerprint density at radius 1 is 1.24 bits per heavy atom. The van der Waals surface area contributed by atoms with Crippen molar-refractivity contribution >= 4 is 23.2 Å². The van der Waals surface area contributed by atoms with Crippen LogP contribution in [0.25, 0.3) is 0 Å². The van der Waals surface area contributed by atoms with Gasteiger partial charge in [0.05, 0.1) is 23.8 Å². The number of aliphatic hydroxyl groups excluding tert-OH is 1. The first kappa shape index (κ1) is 22.5. The molecule has 1 spiro atoms. The van der Waals surface area contributed by atoms with Crippen LogP contribution in [0.5, 0.6) is 5.88 Å². The van der Waals surface area contributed by atoms with Crippen molar-refractivity contribution in [3.05, 3.63) is 47.7 Å². The first-order valence-corrected chi connectivity index (χ1v) is 11.1. The van der Waals surface area contributed by atoms with Crippen LogP contribution in [0.1, 0.15) is 43.2 Å². The van der Waals surface area contributed by atoms with Gasteiger partial charge < -0.3 is 20.5 Å². The second-order valence-electron chi connectivity index (χ2n) is 9.01. The van der Waals surface area contributed by atoms with Gasteiger partial charge in [-0.2, -0.15) is 4.39 Å². The highest BCUT2D eigenvalue weighted by Gasteiger charge is 2.52. The number of rotatable bonds is 5. The van der Waals surface area contributed by atoms with Crippen molar-refractivity contribution in [2.24, 2.45) is 0 Å². The molecule has 11 heteroatoms. The molecule has 180 valence electrons. The van der Waals surface area contributed by atoms with E-state index < -0.39 is 18.0 Å². The fourth-order valence-electron chi connectivity index (χ4n) is 5.15. The van der Waals surface area contributed by atoms with Gasteiger partial charge >= 0.3 is 6.54 Å². The zero-order valence-electron chi connectivity index (χ0n) is 18.2. The number of nitrogens with zero attached hydrogens (tertiary/aromatic N) is 2. The molecule has 2 atom stereocenters. The standard InChI is InChI=1S/C23H24F3N5O3/c24-20(33)34-18-5-4-13(12-28-18)29-17-3-1-2-16-15(17)10-22(16)11-19(32)31(21(27)30-22)14-6-8-23(25,26)9-7-14/h1-5,12,14,20,29,33H,6-11H2,(H2,27,30)/t20?,22-/m0/s1. The van der Waals surface area contributed by atoms with Gasteiger partial charge in [-0.15, -0.1) is 0 Å². The number of aliphatic hydroxyl groups is 1. The maximum Gasteiger partial charge on any atom is 0.351 e. The monoisotopic (exact) mass is 475 g/mol. The summed E-state index contributed by atoms with van der Waals surface area (Å²) in [6.45, 7) is -2.45. The molecule has 0 radical (unpaired) electrons. The van der Waals surface area contributed by atoms with Gasteiger partial charge in [0.25, 0.3) is 0 Å². The van der Waals surface area contributed by atoms with Crippen molar-refractivity contribution < 1.29 is 27.8 Å². The van der Waals surface area contributed by atoms with Crippen LogP contribution in [0.2, 0.25) is 0 Å². The van der Waals surface area contributed by atoms with Crippen molar-refractivity contribution in [2.45, 2.75) is 62.6 Å². The van der Waals surface area contributed by atoms with Gasteiger partial charge in [-0.3, -0.25) is 15.1 Å². The van der Waals surface area contributed by atoms with Gasteiger partial charge in [0, 0.05) is 37.1 Å². The highest BCUT2D eigenvalue weighted by Crippen LogP contribution is 2.48. The molecule has 5 rings (SSSR count). The van der Waals surface area contributed by atoms with Crippen LogP contribution in [0.4, 0.5) is 24.5 Å². The van der Waals surface area contributed by atoms with Crippen molar-refractivity contribution in [1.29, 1.82) is 5.41 Å².